The zero-order chi connectivity index (χ0) is 78.0. The van der Waals surface area contributed by atoms with E-state index in [-0.39, 0.29) is 33.8 Å². The summed E-state index contributed by atoms with van der Waals surface area (Å²) in [6, 6.07) is 10.8. The quantitative estimate of drug-likeness (QED) is 0.0529. The van der Waals surface area contributed by atoms with Crippen molar-refractivity contribution in [2.45, 2.75) is 53.3 Å². The molecule has 0 fully saturated rings. The van der Waals surface area contributed by atoms with Crippen LogP contribution in [0.15, 0.2) is 266 Å². The molecule has 0 aliphatic heterocycles. The van der Waals surface area contributed by atoms with E-state index in [9.17, 15) is 16.4 Å². The maximum atomic E-state index is 10.8. The van der Waals surface area contributed by atoms with E-state index in [1.807, 2.05) is 61.7 Å². The maximum absolute atomic E-state index is 10.8. The van der Waals surface area contributed by atoms with E-state index < -0.39 is 197 Å². The van der Waals surface area contributed by atoms with Crippen molar-refractivity contribution in [3.8, 4) is 50.9 Å². The minimum Gasteiger partial charge on any atom is -0.458 e. The van der Waals surface area contributed by atoms with Crippen molar-refractivity contribution in [3.05, 3.63) is 284 Å². The van der Waals surface area contributed by atoms with E-state index in [4.69, 9.17) is 28.9 Å². The second-order valence-electron chi connectivity index (χ2n) is 21.3. The highest BCUT2D eigenvalue weighted by molar-refractivity contribution is 7.19. The van der Waals surface area contributed by atoms with Gasteiger partial charge >= 0.3 is 0 Å². The zero-order valence-corrected chi connectivity index (χ0v) is 45.7. The molecule has 13 rings (SSSR count). The fourth-order valence-corrected chi connectivity index (χ4v) is 14.0. The number of pyridine rings is 1. The summed E-state index contributed by atoms with van der Waals surface area (Å²) in [6.45, 7) is 10.8. The SMILES string of the molecule is [2H]c1c([2H])c([2H])c(-c2cnc(-n3c4ccccc4c4ccc(Oc5cccc(-n6[c-][n+](-c7c(-c8c([2H])c([2H])c([2H])c([Si](c9c([2H])c([2H])c([2H])c([2H])c9[2H])(c9c([2H])c([2H])c([2H])c([2H])c9[2H])c9c([2H])c([2H])c([2H])c([2H])c9[2H])c8[2H])cccc7C(C)(C)C)c7ccccc76)c5)cc43)cc2C([2H])([2H])C(C)(C)C)c([2H])c1[2H]. The molecule has 0 unspecified atom stereocenters. The Hall–Kier alpha value is -9.36. The molecule has 3 heterocycles. The molecule has 0 N–H and O–H groups in total. The van der Waals surface area contributed by atoms with Crippen molar-refractivity contribution >= 4 is 61.7 Å². The first-order valence-electron chi connectivity index (χ1n) is 39.0. The van der Waals surface area contributed by atoms with Crippen LogP contribution in [-0.4, -0.2) is 22.2 Å². The van der Waals surface area contributed by atoms with Crippen molar-refractivity contribution in [1.29, 1.82) is 0 Å². The number of rotatable bonds is 12. The lowest BCUT2D eigenvalue weighted by molar-refractivity contribution is -0.572. The summed E-state index contributed by atoms with van der Waals surface area (Å²) in [7, 11) is -6.22. The van der Waals surface area contributed by atoms with E-state index in [1.54, 1.807) is 103 Å². The van der Waals surface area contributed by atoms with Gasteiger partial charge in [-0.05, 0) is 108 Å². The molecule has 81 heavy (non-hydrogen) atoms. The summed E-state index contributed by atoms with van der Waals surface area (Å²) < 4.78 is 254. The Balaban J connectivity index is 1.03. The summed E-state index contributed by atoms with van der Waals surface area (Å²) in [4.78, 5) is 4.86. The van der Waals surface area contributed by atoms with Gasteiger partial charge in [0.25, 0.3) is 6.33 Å². The van der Waals surface area contributed by atoms with E-state index in [0.717, 1.165) is 10.8 Å². The van der Waals surface area contributed by atoms with E-state index in [0.29, 0.717) is 44.8 Å². The number of fused-ring (bicyclic) bond motifs is 4. The molecule has 0 bridgehead atoms. The van der Waals surface area contributed by atoms with Crippen molar-refractivity contribution in [2.24, 2.45) is 5.41 Å². The van der Waals surface area contributed by atoms with Crippen LogP contribution >= 0.6 is 0 Å². The zero-order valence-electron chi connectivity index (χ0n) is 70.7. The van der Waals surface area contributed by atoms with Gasteiger partial charge in [-0.15, -0.1) is 0 Å². The Morgan fingerprint density at radius 2 is 1.14 bits per heavy atom. The minimum absolute atomic E-state index is 0.0216. The fourth-order valence-electron chi connectivity index (χ4n) is 10.5. The number of benzene rings is 10. The van der Waals surface area contributed by atoms with Gasteiger partial charge in [0.1, 0.15) is 17.3 Å². The molecule has 0 radical (unpaired) electrons. The Kier molecular flexibility index (Phi) is 7.60. The second-order valence-corrected chi connectivity index (χ2v) is 24.8. The van der Waals surface area contributed by atoms with Crippen LogP contribution in [0.4, 0.5) is 0 Å². The van der Waals surface area contributed by atoms with Crippen LogP contribution in [0.3, 0.4) is 0 Å². The van der Waals surface area contributed by atoms with Gasteiger partial charge in [-0.3, -0.25) is 13.7 Å². The Labute approximate surface area is 513 Å². The topological polar surface area (TPSA) is 35.9 Å². The first-order valence-corrected chi connectivity index (χ1v) is 28.0. The third kappa shape index (κ3) is 9.45. The first kappa shape index (κ1) is 29.7. The molecule has 0 saturated heterocycles. The predicted molar refractivity (Wildman–Crippen MR) is 339 cm³/mol. The highest BCUT2D eigenvalue weighted by Crippen LogP contribution is 2.39. The van der Waals surface area contributed by atoms with Gasteiger partial charge in [-0.1, -0.05) is 253 Å². The van der Waals surface area contributed by atoms with Gasteiger partial charge in [-0.25, -0.2) is 4.98 Å². The van der Waals surface area contributed by atoms with Gasteiger partial charge in [0, 0.05) is 31.3 Å². The van der Waals surface area contributed by atoms with Gasteiger partial charge in [0.2, 0.25) is 0 Å². The number of hydrogen-bond acceptors (Lipinski definition) is 2. The number of nitrogens with zero attached hydrogens (tertiary/aromatic N) is 4. The molecular formula is C75H64N4OSi. The van der Waals surface area contributed by atoms with Crippen LogP contribution in [-0.2, 0) is 11.8 Å². The summed E-state index contributed by atoms with van der Waals surface area (Å²) >= 11 is 0. The highest BCUT2D eigenvalue weighted by atomic mass is 28.3. The number of imidazole rings is 1. The van der Waals surface area contributed by atoms with Crippen LogP contribution in [0.2, 0.25) is 0 Å². The molecule has 0 amide bonds. The van der Waals surface area contributed by atoms with E-state index >= 15 is 0 Å². The molecule has 0 aliphatic rings. The van der Waals surface area contributed by atoms with E-state index in [2.05, 4.69) is 6.33 Å². The Bertz CT molecular complexity index is 5730. The molecule has 13 aromatic rings. The molecule has 5 nitrogen and oxygen atoms in total. The molecule has 3 aromatic heterocycles. The monoisotopic (exact) mass is 1090 g/mol. The van der Waals surface area contributed by atoms with Crippen molar-refractivity contribution in [2.75, 3.05) is 0 Å². The first-order chi connectivity index (χ1) is 50.2. The lowest BCUT2D eigenvalue weighted by atomic mass is 9.83. The fraction of sp³-hybridized carbons (Fsp3) is 0.120. The molecule has 0 atom stereocenters. The van der Waals surface area contributed by atoms with Crippen molar-refractivity contribution < 1.29 is 44.9 Å². The van der Waals surface area contributed by atoms with Crippen molar-refractivity contribution in [3.63, 3.8) is 0 Å². The maximum Gasteiger partial charge on any atom is 0.269 e. The molecule has 394 valence electrons. The van der Waals surface area contributed by atoms with Gasteiger partial charge in [0.15, 0.2) is 8.07 Å². The van der Waals surface area contributed by atoms with Gasteiger partial charge in [0.05, 0.1) is 66.3 Å². The third-order valence-corrected chi connectivity index (χ3v) is 17.9. The van der Waals surface area contributed by atoms with Gasteiger partial charge < -0.3 is 4.74 Å². The van der Waals surface area contributed by atoms with Crippen LogP contribution < -0.4 is 30.1 Å². The molecule has 0 spiro atoms. The average molecular weight is 1090 g/mol. The van der Waals surface area contributed by atoms with Crippen LogP contribution in [0, 0.1) is 11.7 Å². The molecule has 0 saturated carbocycles. The predicted octanol–water partition coefficient (Wildman–Crippen LogP) is 15.6. The van der Waals surface area contributed by atoms with Crippen LogP contribution in [0.25, 0.3) is 72.3 Å². The van der Waals surface area contributed by atoms with Crippen molar-refractivity contribution in [1.82, 2.24) is 14.1 Å². The minimum atomic E-state index is -6.22. The highest BCUT2D eigenvalue weighted by Gasteiger charge is 2.41. The summed E-state index contributed by atoms with van der Waals surface area (Å²) in [5.74, 6) is 0.931. The smallest absolute Gasteiger partial charge is 0.269 e. The molecule has 0 aliphatic carbocycles. The van der Waals surface area contributed by atoms with E-state index in [1.165, 1.54) is 12.3 Å². The molecular weight excluding hydrogens is 1000 g/mol. The Morgan fingerprint density at radius 3 is 1.81 bits per heavy atom. The molecule has 10 aromatic carbocycles. The number of aromatic nitrogens is 4. The second kappa shape index (κ2) is 20.7. The standard InChI is InChI=1S/C75H64N4OSi/c1-74(2,3)50-55-47-72(76-51-66(55)53-26-11-7-12-27-53)79-68-41-20-19-38-64(68)65-45-44-58(49-71(65)79)80-57-30-24-29-56(48-57)77-52-78(70-43-22-21-42-69(70)77)73-63(39-25-40-67(73)75(4,5)6)54-28-23-37-62(46-54)81(59-31-13-8-14-32-59,60-33-15-9-16-34-60)61-35-17-10-18-36-61/h7-49,51H,50H2,1-6H3/i7D,8D,9D,10D,11D,12D,13D,14D,15D,16D,17D,18D,23D,26D,27D,28D,31D,32D,33D,34D,35D,36D,37D,46D,50D2. The van der Waals surface area contributed by atoms with Crippen LogP contribution in [0.5, 0.6) is 11.5 Å². The lowest BCUT2D eigenvalue weighted by Gasteiger charge is -2.35. The number of para-hydroxylation sites is 4. The third-order valence-electron chi connectivity index (χ3n) is 13.9. The number of hydrogen-bond donors (Lipinski definition) is 0. The molecule has 6 heteroatoms. The summed E-state index contributed by atoms with van der Waals surface area (Å²) in [5, 5.41) is -2.23. The lowest BCUT2D eigenvalue weighted by Crippen LogP contribution is -2.74. The number of ether oxygens (including phenoxy) is 1. The van der Waals surface area contributed by atoms with Gasteiger partial charge in [-0.2, -0.15) is 0 Å². The average Bonchev–Trinajstić information content (AvgIpc) is 1.36. The Morgan fingerprint density at radius 1 is 0.543 bits per heavy atom. The van der Waals surface area contributed by atoms with Crippen LogP contribution in [0.1, 0.15) is 88.3 Å². The largest absolute Gasteiger partial charge is 0.458 e. The normalized spacial score (nSPS) is 16.8. The summed E-state index contributed by atoms with van der Waals surface area (Å²) in [6.07, 6.45) is 2.68. The summed E-state index contributed by atoms with van der Waals surface area (Å²) in [5.41, 5.74) is 0.912.